The standard InChI is InChI=1S/C19H12ClNO5/c20-13-5-1-11(2-6-13)3-8-17(22)25-14-7-4-12-9-15(18(21)23)19(24)26-16(12)10-14/h1-10H,(H2,21,23)/b8-3+. The van der Waals surface area contributed by atoms with Gasteiger partial charge in [0, 0.05) is 22.6 Å². The van der Waals surface area contributed by atoms with Crippen LogP contribution in [0, 0.1) is 0 Å². The number of carbonyl (C=O) groups is 2. The van der Waals surface area contributed by atoms with E-state index in [1.807, 2.05) is 0 Å². The average Bonchev–Trinajstić information content (AvgIpc) is 2.60. The van der Waals surface area contributed by atoms with E-state index in [1.165, 1.54) is 24.3 Å². The third-order valence-electron chi connectivity index (χ3n) is 3.47. The second-order valence-electron chi connectivity index (χ2n) is 5.32. The number of nitrogens with two attached hydrogens (primary N) is 1. The molecular weight excluding hydrogens is 358 g/mol. The fraction of sp³-hybridized carbons (Fsp3) is 0. The van der Waals surface area contributed by atoms with Crippen molar-refractivity contribution in [2.24, 2.45) is 5.73 Å². The van der Waals surface area contributed by atoms with Gasteiger partial charge in [-0.2, -0.15) is 0 Å². The van der Waals surface area contributed by atoms with E-state index in [-0.39, 0.29) is 16.9 Å². The third kappa shape index (κ3) is 3.99. The number of hydrogen-bond donors (Lipinski definition) is 1. The second kappa shape index (κ2) is 7.25. The molecule has 0 spiro atoms. The maximum atomic E-state index is 11.9. The van der Waals surface area contributed by atoms with Crippen molar-refractivity contribution in [1.29, 1.82) is 0 Å². The molecule has 6 nitrogen and oxygen atoms in total. The normalized spacial score (nSPS) is 11.0. The summed E-state index contributed by atoms with van der Waals surface area (Å²) >= 11 is 5.80. The Hall–Kier alpha value is -3.38. The molecule has 26 heavy (non-hydrogen) atoms. The van der Waals surface area contributed by atoms with Gasteiger partial charge in [-0.25, -0.2) is 9.59 Å². The zero-order valence-corrected chi connectivity index (χ0v) is 14.0. The van der Waals surface area contributed by atoms with Crippen LogP contribution in [0.4, 0.5) is 0 Å². The first-order valence-corrected chi connectivity index (χ1v) is 7.83. The fourth-order valence-corrected chi connectivity index (χ4v) is 2.34. The molecule has 0 bridgehead atoms. The molecule has 0 fully saturated rings. The van der Waals surface area contributed by atoms with Crippen LogP contribution in [0.1, 0.15) is 15.9 Å². The van der Waals surface area contributed by atoms with Crippen LogP contribution in [0.2, 0.25) is 5.02 Å². The van der Waals surface area contributed by atoms with Gasteiger partial charge in [-0.05, 0) is 42.0 Å². The zero-order chi connectivity index (χ0) is 18.7. The predicted molar refractivity (Wildman–Crippen MR) is 97.1 cm³/mol. The molecule has 0 aliphatic heterocycles. The molecule has 1 aromatic heterocycles. The lowest BCUT2D eigenvalue weighted by atomic mass is 10.2. The van der Waals surface area contributed by atoms with Crippen LogP contribution < -0.4 is 16.1 Å². The number of amides is 1. The van der Waals surface area contributed by atoms with Crippen molar-refractivity contribution >= 4 is 40.5 Å². The SMILES string of the molecule is NC(=O)c1cc2ccc(OC(=O)/C=C/c3ccc(Cl)cc3)cc2oc1=O. The molecule has 0 saturated heterocycles. The lowest BCUT2D eigenvalue weighted by Crippen LogP contribution is -2.20. The van der Waals surface area contributed by atoms with Gasteiger partial charge >= 0.3 is 11.6 Å². The van der Waals surface area contributed by atoms with Gasteiger partial charge in [0.2, 0.25) is 0 Å². The van der Waals surface area contributed by atoms with E-state index < -0.39 is 17.5 Å². The summed E-state index contributed by atoms with van der Waals surface area (Å²) in [5.41, 5.74) is 4.97. The molecule has 0 aliphatic rings. The highest BCUT2D eigenvalue weighted by molar-refractivity contribution is 6.30. The summed E-state index contributed by atoms with van der Waals surface area (Å²) in [4.78, 5) is 34.8. The van der Waals surface area contributed by atoms with Gasteiger partial charge in [-0.15, -0.1) is 0 Å². The van der Waals surface area contributed by atoms with Gasteiger partial charge in [0.1, 0.15) is 16.9 Å². The van der Waals surface area contributed by atoms with Crippen LogP contribution in [0.3, 0.4) is 0 Å². The number of halogens is 1. The number of carbonyl (C=O) groups excluding carboxylic acids is 2. The van der Waals surface area contributed by atoms with E-state index in [0.717, 1.165) is 5.56 Å². The summed E-state index contributed by atoms with van der Waals surface area (Å²) in [6.07, 6.45) is 2.85. The van der Waals surface area contributed by atoms with Gasteiger partial charge in [-0.1, -0.05) is 23.7 Å². The monoisotopic (exact) mass is 369 g/mol. The highest BCUT2D eigenvalue weighted by Crippen LogP contribution is 2.21. The molecule has 0 radical (unpaired) electrons. The molecule has 130 valence electrons. The number of hydrogen-bond acceptors (Lipinski definition) is 5. The van der Waals surface area contributed by atoms with E-state index in [4.69, 9.17) is 26.5 Å². The Morgan fingerprint density at radius 1 is 1.08 bits per heavy atom. The van der Waals surface area contributed by atoms with E-state index in [0.29, 0.717) is 10.4 Å². The quantitative estimate of drug-likeness (QED) is 0.329. The fourth-order valence-electron chi connectivity index (χ4n) is 2.22. The predicted octanol–water partition coefficient (Wildman–Crippen LogP) is 3.16. The molecule has 7 heteroatoms. The number of primary amides is 1. The first-order valence-electron chi connectivity index (χ1n) is 7.45. The van der Waals surface area contributed by atoms with Gasteiger partial charge < -0.3 is 14.9 Å². The topological polar surface area (TPSA) is 99.6 Å². The first kappa shape index (κ1) is 17.4. The van der Waals surface area contributed by atoms with Gasteiger partial charge in [0.25, 0.3) is 5.91 Å². The molecule has 0 saturated carbocycles. The van der Waals surface area contributed by atoms with E-state index in [2.05, 4.69) is 0 Å². The maximum Gasteiger partial charge on any atom is 0.349 e. The zero-order valence-electron chi connectivity index (χ0n) is 13.3. The van der Waals surface area contributed by atoms with Gasteiger partial charge in [0.15, 0.2) is 0 Å². The Morgan fingerprint density at radius 2 is 1.81 bits per heavy atom. The molecule has 0 atom stereocenters. The summed E-state index contributed by atoms with van der Waals surface area (Å²) in [5, 5.41) is 1.08. The van der Waals surface area contributed by atoms with Crippen molar-refractivity contribution in [1.82, 2.24) is 0 Å². The Bertz CT molecular complexity index is 1080. The van der Waals surface area contributed by atoms with Crippen molar-refractivity contribution in [3.05, 3.63) is 81.2 Å². The molecule has 0 aliphatic carbocycles. The minimum atomic E-state index is -0.872. The number of benzene rings is 2. The summed E-state index contributed by atoms with van der Waals surface area (Å²) in [5.74, 6) is -1.28. The summed E-state index contributed by atoms with van der Waals surface area (Å²) in [7, 11) is 0. The molecule has 3 aromatic rings. The van der Waals surface area contributed by atoms with Crippen LogP contribution in [0.15, 0.2) is 63.8 Å². The van der Waals surface area contributed by atoms with Crippen LogP contribution in [0.25, 0.3) is 17.0 Å². The molecule has 1 heterocycles. The van der Waals surface area contributed by atoms with Crippen LogP contribution in [0.5, 0.6) is 5.75 Å². The average molecular weight is 370 g/mol. The Labute approximate surface area is 152 Å². The largest absolute Gasteiger partial charge is 0.423 e. The summed E-state index contributed by atoms with van der Waals surface area (Å²) in [6, 6.07) is 12.7. The number of fused-ring (bicyclic) bond motifs is 1. The minimum Gasteiger partial charge on any atom is -0.423 e. The van der Waals surface area contributed by atoms with Crippen molar-refractivity contribution in [2.75, 3.05) is 0 Å². The summed E-state index contributed by atoms with van der Waals surface area (Å²) in [6.45, 7) is 0. The van der Waals surface area contributed by atoms with Gasteiger partial charge in [0.05, 0.1) is 0 Å². The van der Waals surface area contributed by atoms with Crippen LogP contribution in [-0.2, 0) is 4.79 Å². The van der Waals surface area contributed by atoms with E-state index >= 15 is 0 Å². The number of rotatable bonds is 4. The van der Waals surface area contributed by atoms with Crippen molar-refractivity contribution in [2.45, 2.75) is 0 Å². The molecule has 3 rings (SSSR count). The highest BCUT2D eigenvalue weighted by Gasteiger charge is 2.11. The lowest BCUT2D eigenvalue weighted by molar-refractivity contribution is -0.128. The van der Waals surface area contributed by atoms with E-state index in [1.54, 1.807) is 36.4 Å². The van der Waals surface area contributed by atoms with Gasteiger partial charge in [-0.3, -0.25) is 4.79 Å². The highest BCUT2D eigenvalue weighted by atomic mass is 35.5. The first-order chi connectivity index (χ1) is 12.4. The smallest absolute Gasteiger partial charge is 0.349 e. The second-order valence-corrected chi connectivity index (χ2v) is 5.75. The Balaban J connectivity index is 1.79. The molecule has 1 amide bonds. The summed E-state index contributed by atoms with van der Waals surface area (Å²) < 4.78 is 10.2. The molecule has 0 unspecified atom stereocenters. The molecule has 2 N–H and O–H groups in total. The number of esters is 1. The van der Waals surface area contributed by atoms with Crippen molar-refractivity contribution in [3.8, 4) is 5.75 Å². The maximum absolute atomic E-state index is 11.9. The Morgan fingerprint density at radius 3 is 2.50 bits per heavy atom. The van der Waals surface area contributed by atoms with Crippen molar-refractivity contribution in [3.63, 3.8) is 0 Å². The number of ether oxygens (including phenoxy) is 1. The lowest BCUT2D eigenvalue weighted by Gasteiger charge is -2.03. The molecular formula is C19H12ClNO5. The van der Waals surface area contributed by atoms with E-state index in [9.17, 15) is 14.4 Å². The third-order valence-corrected chi connectivity index (χ3v) is 3.73. The molecule has 2 aromatic carbocycles. The van der Waals surface area contributed by atoms with Crippen LogP contribution >= 0.6 is 11.6 Å². The van der Waals surface area contributed by atoms with Crippen LogP contribution in [-0.4, -0.2) is 11.9 Å². The Kier molecular flexibility index (Phi) is 4.86. The minimum absolute atomic E-state index is 0.173. The van der Waals surface area contributed by atoms with Crippen molar-refractivity contribution < 1.29 is 18.7 Å².